The molecular formula is C17H37N3. The van der Waals surface area contributed by atoms with Crippen LogP contribution in [-0.4, -0.2) is 61.7 Å². The summed E-state index contributed by atoms with van der Waals surface area (Å²) in [6, 6.07) is 0. The van der Waals surface area contributed by atoms with E-state index in [1.165, 1.54) is 71.2 Å². The van der Waals surface area contributed by atoms with Crippen molar-refractivity contribution in [3.8, 4) is 0 Å². The highest BCUT2D eigenvalue weighted by atomic mass is 15.3. The van der Waals surface area contributed by atoms with Crippen LogP contribution in [0.4, 0.5) is 0 Å². The summed E-state index contributed by atoms with van der Waals surface area (Å²) in [5, 5.41) is 3.67. The highest BCUT2D eigenvalue weighted by Gasteiger charge is 2.28. The van der Waals surface area contributed by atoms with Gasteiger partial charge in [0.1, 0.15) is 0 Å². The molecule has 0 aromatic rings. The lowest BCUT2D eigenvalue weighted by Crippen LogP contribution is -2.57. The molecular weight excluding hydrogens is 246 g/mol. The van der Waals surface area contributed by atoms with E-state index in [9.17, 15) is 0 Å². The van der Waals surface area contributed by atoms with Gasteiger partial charge in [-0.15, -0.1) is 0 Å². The Morgan fingerprint density at radius 2 is 1.50 bits per heavy atom. The second-order valence-corrected chi connectivity index (χ2v) is 7.05. The summed E-state index contributed by atoms with van der Waals surface area (Å²) in [6.45, 7) is 14.2. The first-order valence-electron chi connectivity index (χ1n) is 8.70. The molecule has 120 valence electrons. The highest BCUT2D eigenvalue weighted by Crippen LogP contribution is 2.15. The average Bonchev–Trinajstić information content (AvgIpc) is 2.42. The van der Waals surface area contributed by atoms with E-state index < -0.39 is 0 Å². The lowest BCUT2D eigenvalue weighted by atomic mass is 10.0. The summed E-state index contributed by atoms with van der Waals surface area (Å²) in [5.41, 5.74) is 0.295. The lowest BCUT2D eigenvalue weighted by Gasteiger charge is -2.43. The minimum Gasteiger partial charge on any atom is -0.315 e. The van der Waals surface area contributed by atoms with Crippen molar-refractivity contribution in [3.05, 3.63) is 0 Å². The standard InChI is InChI=1S/C17H37N3/c1-5-6-7-8-9-10-11-18-16-17(2,3)20-14-12-19(4)13-15-20/h18H,5-16H2,1-4H3. The van der Waals surface area contributed by atoms with Crippen molar-refractivity contribution in [2.45, 2.75) is 64.8 Å². The number of nitrogens with one attached hydrogen (secondary N) is 1. The highest BCUT2D eigenvalue weighted by molar-refractivity contribution is 4.86. The van der Waals surface area contributed by atoms with Gasteiger partial charge in [-0.25, -0.2) is 0 Å². The van der Waals surface area contributed by atoms with Crippen LogP contribution in [0.5, 0.6) is 0 Å². The Labute approximate surface area is 127 Å². The summed E-state index contributed by atoms with van der Waals surface area (Å²) in [4.78, 5) is 5.07. The molecule has 0 saturated carbocycles. The van der Waals surface area contributed by atoms with Crippen molar-refractivity contribution in [2.75, 3.05) is 46.3 Å². The molecule has 1 fully saturated rings. The van der Waals surface area contributed by atoms with Crippen molar-refractivity contribution < 1.29 is 0 Å². The molecule has 3 nitrogen and oxygen atoms in total. The van der Waals surface area contributed by atoms with Crippen LogP contribution < -0.4 is 5.32 Å². The van der Waals surface area contributed by atoms with Crippen molar-refractivity contribution in [1.82, 2.24) is 15.1 Å². The monoisotopic (exact) mass is 283 g/mol. The van der Waals surface area contributed by atoms with Gasteiger partial charge in [0, 0.05) is 38.3 Å². The third kappa shape index (κ3) is 7.05. The lowest BCUT2D eigenvalue weighted by molar-refractivity contribution is 0.0620. The maximum atomic E-state index is 3.67. The maximum absolute atomic E-state index is 3.67. The van der Waals surface area contributed by atoms with E-state index in [1.807, 2.05) is 0 Å². The van der Waals surface area contributed by atoms with E-state index in [-0.39, 0.29) is 0 Å². The van der Waals surface area contributed by atoms with Crippen LogP contribution in [0.3, 0.4) is 0 Å². The Balaban J connectivity index is 2.04. The molecule has 1 N–H and O–H groups in total. The quantitative estimate of drug-likeness (QED) is 0.622. The van der Waals surface area contributed by atoms with E-state index in [1.54, 1.807) is 0 Å². The molecule has 20 heavy (non-hydrogen) atoms. The average molecular weight is 284 g/mol. The number of hydrogen-bond acceptors (Lipinski definition) is 3. The summed E-state index contributed by atoms with van der Waals surface area (Å²) in [5.74, 6) is 0. The Morgan fingerprint density at radius 3 is 2.15 bits per heavy atom. The van der Waals surface area contributed by atoms with Crippen molar-refractivity contribution in [3.63, 3.8) is 0 Å². The van der Waals surface area contributed by atoms with Gasteiger partial charge in [-0.2, -0.15) is 0 Å². The predicted molar refractivity (Wildman–Crippen MR) is 89.4 cm³/mol. The van der Waals surface area contributed by atoms with Crippen LogP contribution in [0, 0.1) is 0 Å². The molecule has 1 rings (SSSR count). The van der Waals surface area contributed by atoms with Gasteiger partial charge in [0.15, 0.2) is 0 Å². The molecule has 0 aromatic carbocycles. The van der Waals surface area contributed by atoms with Crippen LogP contribution in [-0.2, 0) is 0 Å². The van der Waals surface area contributed by atoms with Gasteiger partial charge >= 0.3 is 0 Å². The molecule has 1 heterocycles. The molecule has 0 atom stereocenters. The molecule has 0 aromatic heterocycles. The fourth-order valence-corrected chi connectivity index (χ4v) is 2.95. The predicted octanol–water partition coefficient (Wildman–Crippen LogP) is 2.96. The fourth-order valence-electron chi connectivity index (χ4n) is 2.95. The Kier molecular flexibility index (Phi) is 8.74. The van der Waals surface area contributed by atoms with Crippen LogP contribution in [0.1, 0.15) is 59.3 Å². The number of hydrogen-bond donors (Lipinski definition) is 1. The summed E-state index contributed by atoms with van der Waals surface area (Å²) < 4.78 is 0. The normalized spacial score (nSPS) is 18.6. The molecule has 1 saturated heterocycles. The number of unbranched alkanes of at least 4 members (excludes halogenated alkanes) is 5. The van der Waals surface area contributed by atoms with Crippen LogP contribution in [0.25, 0.3) is 0 Å². The SMILES string of the molecule is CCCCCCCCNCC(C)(C)N1CCN(C)CC1. The van der Waals surface area contributed by atoms with Crippen molar-refractivity contribution in [1.29, 1.82) is 0 Å². The molecule has 0 spiro atoms. The Morgan fingerprint density at radius 1 is 0.900 bits per heavy atom. The van der Waals surface area contributed by atoms with Crippen LogP contribution >= 0.6 is 0 Å². The van der Waals surface area contributed by atoms with Gasteiger partial charge in [0.25, 0.3) is 0 Å². The molecule has 0 amide bonds. The zero-order chi connectivity index (χ0) is 14.8. The van der Waals surface area contributed by atoms with E-state index in [0.29, 0.717) is 5.54 Å². The zero-order valence-electron chi connectivity index (χ0n) is 14.4. The second kappa shape index (κ2) is 9.75. The maximum Gasteiger partial charge on any atom is 0.0278 e. The largest absolute Gasteiger partial charge is 0.315 e. The van der Waals surface area contributed by atoms with Gasteiger partial charge in [-0.1, -0.05) is 39.0 Å². The van der Waals surface area contributed by atoms with Crippen LogP contribution in [0.15, 0.2) is 0 Å². The van der Waals surface area contributed by atoms with Gasteiger partial charge < -0.3 is 10.2 Å². The zero-order valence-corrected chi connectivity index (χ0v) is 14.4. The smallest absolute Gasteiger partial charge is 0.0278 e. The Hall–Kier alpha value is -0.120. The molecule has 0 bridgehead atoms. The van der Waals surface area contributed by atoms with E-state index in [4.69, 9.17) is 0 Å². The fraction of sp³-hybridized carbons (Fsp3) is 1.00. The summed E-state index contributed by atoms with van der Waals surface area (Å²) in [7, 11) is 2.22. The first kappa shape index (κ1) is 17.9. The molecule has 0 aliphatic carbocycles. The number of rotatable bonds is 10. The topological polar surface area (TPSA) is 18.5 Å². The van der Waals surface area contributed by atoms with Gasteiger partial charge in [0.05, 0.1) is 0 Å². The first-order valence-corrected chi connectivity index (χ1v) is 8.70. The number of nitrogens with zero attached hydrogens (tertiary/aromatic N) is 2. The van der Waals surface area contributed by atoms with E-state index >= 15 is 0 Å². The molecule has 1 aliphatic rings. The van der Waals surface area contributed by atoms with E-state index in [2.05, 4.69) is 42.9 Å². The second-order valence-electron chi connectivity index (χ2n) is 7.05. The van der Waals surface area contributed by atoms with Crippen molar-refractivity contribution >= 4 is 0 Å². The number of piperazine rings is 1. The minimum atomic E-state index is 0.295. The Bertz CT molecular complexity index is 232. The number of likely N-dealkylation sites (N-methyl/N-ethyl adjacent to an activating group) is 1. The van der Waals surface area contributed by atoms with Crippen molar-refractivity contribution in [2.24, 2.45) is 0 Å². The molecule has 1 aliphatic heterocycles. The van der Waals surface area contributed by atoms with Gasteiger partial charge in [-0.05, 0) is 33.9 Å². The first-order chi connectivity index (χ1) is 9.56. The minimum absolute atomic E-state index is 0.295. The van der Waals surface area contributed by atoms with E-state index in [0.717, 1.165) is 6.54 Å². The van der Waals surface area contributed by atoms with Crippen LogP contribution in [0.2, 0.25) is 0 Å². The van der Waals surface area contributed by atoms with Gasteiger partial charge in [-0.3, -0.25) is 4.90 Å². The summed E-state index contributed by atoms with van der Waals surface area (Å²) >= 11 is 0. The molecule has 0 unspecified atom stereocenters. The molecule has 3 heteroatoms. The molecule has 0 radical (unpaired) electrons. The van der Waals surface area contributed by atoms with Gasteiger partial charge in [0.2, 0.25) is 0 Å². The third-order valence-corrected chi connectivity index (χ3v) is 4.62. The third-order valence-electron chi connectivity index (χ3n) is 4.62. The summed E-state index contributed by atoms with van der Waals surface area (Å²) in [6.07, 6.45) is 8.31.